The van der Waals surface area contributed by atoms with Crippen LogP contribution in [0.25, 0.3) is 5.52 Å². The van der Waals surface area contributed by atoms with E-state index in [2.05, 4.69) is 27.3 Å². The molecule has 25 heavy (non-hydrogen) atoms. The molecule has 3 rings (SSSR count). The van der Waals surface area contributed by atoms with Crippen molar-refractivity contribution in [1.82, 2.24) is 19.6 Å². The molecular weight excluding hydrogens is 324 g/mol. The van der Waals surface area contributed by atoms with Crippen molar-refractivity contribution in [2.45, 2.75) is 83.3 Å². The van der Waals surface area contributed by atoms with Gasteiger partial charge in [0.25, 0.3) is 0 Å². The molecule has 5 nitrogen and oxygen atoms in total. The summed E-state index contributed by atoms with van der Waals surface area (Å²) in [4.78, 5) is 8.34. The van der Waals surface area contributed by atoms with Crippen LogP contribution in [0.5, 0.6) is 0 Å². The summed E-state index contributed by atoms with van der Waals surface area (Å²) < 4.78 is 30.0. The Bertz CT molecular complexity index is 720. The number of hydrogen-bond acceptors (Lipinski definition) is 4. The van der Waals surface area contributed by atoms with E-state index in [4.69, 9.17) is 0 Å². The molecule has 2 heterocycles. The van der Waals surface area contributed by atoms with Gasteiger partial charge >= 0.3 is 0 Å². The van der Waals surface area contributed by atoms with Crippen molar-refractivity contribution in [3.63, 3.8) is 0 Å². The Balaban J connectivity index is 1.96. The molecule has 0 radical (unpaired) electrons. The van der Waals surface area contributed by atoms with Gasteiger partial charge in [-0.05, 0) is 32.1 Å². The molecule has 2 atom stereocenters. The van der Waals surface area contributed by atoms with Gasteiger partial charge in [0.1, 0.15) is 17.5 Å². The fourth-order valence-corrected chi connectivity index (χ4v) is 3.70. The van der Waals surface area contributed by atoms with Gasteiger partial charge in [-0.1, -0.05) is 33.6 Å². The molecule has 2 aromatic rings. The second kappa shape index (κ2) is 7.22. The Morgan fingerprint density at radius 2 is 2.08 bits per heavy atom. The van der Waals surface area contributed by atoms with E-state index in [1.165, 1.54) is 6.20 Å². The summed E-state index contributed by atoms with van der Waals surface area (Å²) >= 11 is 0. The van der Waals surface area contributed by atoms with E-state index >= 15 is 0 Å². The summed E-state index contributed by atoms with van der Waals surface area (Å²) in [5.41, 5.74) is 0.174. The van der Waals surface area contributed by atoms with Crippen molar-refractivity contribution in [1.29, 1.82) is 0 Å². The van der Waals surface area contributed by atoms with Crippen LogP contribution in [0, 0.1) is 5.95 Å². The minimum Gasteiger partial charge on any atom is -0.347 e. The van der Waals surface area contributed by atoms with Crippen LogP contribution in [0.2, 0.25) is 0 Å². The quantitative estimate of drug-likeness (QED) is 0.765. The van der Waals surface area contributed by atoms with Crippen LogP contribution in [0.4, 0.5) is 14.7 Å². The van der Waals surface area contributed by atoms with E-state index in [0.29, 0.717) is 24.6 Å². The summed E-state index contributed by atoms with van der Waals surface area (Å²) in [7, 11) is 0. The number of alkyl halides is 1. The minimum atomic E-state index is -0.966. The fraction of sp³-hybridized carbons (Fsp3) is 0.722. The molecule has 2 aromatic heterocycles. The fourth-order valence-electron chi connectivity index (χ4n) is 3.70. The number of nitrogens with zero attached hydrogens (tertiary/aromatic N) is 4. The van der Waals surface area contributed by atoms with Gasteiger partial charge in [-0.15, -0.1) is 5.10 Å². The van der Waals surface area contributed by atoms with Crippen molar-refractivity contribution in [2.75, 3.05) is 5.32 Å². The van der Waals surface area contributed by atoms with E-state index in [-0.39, 0.29) is 17.0 Å². The van der Waals surface area contributed by atoms with Crippen LogP contribution in [-0.2, 0) is 5.41 Å². The van der Waals surface area contributed by atoms with Crippen LogP contribution in [-0.4, -0.2) is 31.8 Å². The Labute approximate surface area is 147 Å². The molecular formula is C18H27F2N5. The molecule has 1 saturated carbocycles. The van der Waals surface area contributed by atoms with Crippen LogP contribution >= 0.6 is 0 Å². The van der Waals surface area contributed by atoms with Gasteiger partial charge in [-0.2, -0.15) is 4.39 Å². The third-order valence-electron chi connectivity index (χ3n) is 5.55. The predicted octanol–water partition coefficient (Wildman–Crippen LogP) is 4.42. The molecule has 7 heteroatoms. The molecule has 0 aromatic carbocycles. The van der Waals surface area contributed by atoms with E-state index in [0.717, 1.165) is 32.1 Å². The standard InChI is InChI=1S/C18H27F2N5/c1-4-8-13(12(19)5-2)22-17-21-11-14-15(20)23-16(25(14)24-17)18(6-3)9-7-10-18/h11-13H,4-10H2,1-3H3,(H,22,24)/t12-,13-/m1/s1. The number of fused-ring (bicyclic) bond motifs is 1. The van der Waals surface area contributed by atoms with Crippen molar-refractivity contribution in [2.24, 2.45) is 0 Å². The molecule has 0 amide bonds. The zero-order valence-corrected chi connectivity index (χ0v) is 15.2. The first-order valence-corrected chi connectivity index (χ1v) is 9.37. The van der Waals surface area contributed by atoms with Crippen LogP contribution < -0.4 is 5.32 Å². The number of imidazole rings is 1. The van der Waals surface area contributed by atoms with Crippen LogP contribution in [0.1, 0.15) is 71.5 Å². The number of anilines is 1. The SMILES string of the molecule is CCC[C@@H](Nc1ncc2c(F)nc(C3(CC)CCC3)n2n1)[C@H](F)CC. The molecule has 1 N–H and O–H groups in total. The average Bonchev–Trinajstić information content (AvgIpc) is 2.90. The number of hydrogen-bond donors (Lipinski definition) is 1. The Hall–Kier alpha value is -1.79. The summed E-state index contributed by atoms with van der Waals surface area (Å²) in [6, 6.07) is -0.340. The summed E-state index contributed by atoms with van der Waals surface area (Å²) in [5.74, 6) is 0.452. The van der Waals surface area contributed by atoms with E-state index in [1.807, 2.05) is 13.8 Å². The highest BCUT2D eigenvalue weighted by molar-refractivity contribution is 5.47. The number of nitrogens with one attached hydrogen (secondary N) is 1. The maximum Gasteiger partial charge on any atom is 0.242 e. The number of rotatable bonds is 8. The summed E-state index contributed by atoms with van der Waals surface area (Å²) in [5, 5.41) is 7.55. The summed E-state index contributed by atoms with van der Waals surface area (Å²) in [6.07, 6.45) is 6.48. The zero-order chi connectivity index (χ0) is 18.0. The lowest BCUT2D eigenvalue weighted by Crippen LogP contribution is -2.36. The molecule has 0 bridgehead atoms. The van der Waals surface area contributed by atoms with Gasteiger partial charge in [-0.3, -0.25) is 0 Å². The van der Waals surface area contributed by atoms with Crippen molar-refractivity contribution < 1.29 is 8.78 Å². The maximum absolute atomic E-state index is 14.2. The number of halogens is 2. The lowest BCUT2D eigenvalue weighted by molar-refractivity contribution is 0.216. The third kappa shape index (κ3) is 3.20. The van der Waals surface area contributed by atoms with Crippen molar-refractivity contribution >= 4 is 11.5 Å². The molecule has 1 aliphatic carbocycles. The topological polar surface area (TPSA) is 55.1 Å². The van der Waals surface area contributed by atoms with Gasteiger partial charge < -0.3 is 5.32 Å². The first-order valence-electron chi connectivity index (χ1n) is 9.37. The average molecular weight is 351 g/mol. The lowest BCUT2D eigenvalue weighted by Gasteiger charge is -2.39. The normalized spacial score (nSPS) is 18.8. The lowest BCUT2D eigenvalue weighted by atomic mass is 9.66. The molecule has 0 unspecified atom stereocenters. The van der Waals surface area contributed by atoms with Gasteiger partial charge in [0, 0.05) is 5.41 Å². The molecule has 0 aliphatic heterocycles. The molecule has 1 fully saturated rings. The van der Waals surface area contributed by atoms with E-state index < -0.39 is 12.1 Å². The molecule has 1 aliphatic rings. The summed E-state index contributed by atoms with van der Waals surface area (Å²) in [6.45, 7) is 5.95. The van der Waals surface area contributed by atoms with E-state index in [9.17, 15) is 8.78 Å². The van der Waals surface area contributed by atoms with Gasteiger partial charge in [0.2, 0.25) is 11.9 Å². The van der Waals surface area contributed by atoms with Gasteiger partial charge in [0.15, 0.2) is 0 Å². The second-order valence-corrected chi connectivity index (χ2v) is 7.06. The number of aromatic nitrogens is 4. The van der Waals surface area contributed by atoms with Crippen LogP contribution in [0.15, 0.2) is 6.20 Å². The molecule has 0 saturated heterocycles. The molecule has 138 valence electrons. The monoisotopic (exact) mass is 351 g/mol. The van der Waals surface area contributed by atoms with E-state index in [1.54, 1.807) is 4.52 Å². The van der Waals surface area contributed by atoms with Crippen molar-refractivity contribution in [3.8, 4) is 0 Å². The second-order valence-electron chi connectivity index (χ2n) is 7.06. The largest absolute Gasteiger partial charge is 0.347 e. The smallest absolute Gasteiger partial charge is 0.242 e. The predicted molar refractivity (Wildman–Crippen MR) is 94.1 cm³/mol. The van der Waals surface area contributed by atoms with Crippen LogP contribution in [0.3, 0.4) is 0 Å². The minimum absolute atomic E-state index is 0.103. The highest BCUT2D eigenvalue weighted by Gasteiger charge is 2.41. The zero-order valence-electron chi connectivity index (χ0n) is 15.2. The van der Waals surface area contributed by atoms with Gasteiger partial charge in [0.05, 0.1) is 12.2 Å². The molecule has 0 spiro atoms. The Kier molecular flexibility index (Phi) is 5.20. The first kappa shape index (κ1) is 18.0. The Morgan fingerprint density at radius 3 is 2.64 bits per heavy atom. The third-order valence-corrected chi connectivity index (χ3v) is 5.55. The maximum atomic E-state index is 14.2. The Morgan fingerprint density at radius 1 is 1.32 bits per heavy atom. The highest BCUT2D eigenvalue weighted by atomic mass is 19.1. The highest BCUT2D eigenvalue weighted by Crippen LogP contribution is 2.45. The van der Waals surface area contributed by atoms with Gasteiger partial charge in [-0.25, -0.2) is 18.9 Å². The van der Waals surface area contributed by atoms with Crippen molar-refractivity contribution in [3.05, 3.63) is 18.0 Å². The first-order chi connectivity index (χ1) is 12.0.